The van der Waals surface area contributed by atoms with Crippen LogP contribution in [0.3, 0.4) is 0 Å². The Bertz CT molecular complexity index is 984. The van der Waals surface area contributed by atoms with E-state index in [2.05, 4.69) is 30.0 Å². The predicted octanol–water partition coefficient (Wildman–Crippen LogP) is 1.76. The number of aromatic amines is 1. The second-order valence-electron chi connectivity index (χ2n) is 6.73. The van der Waals surface area contributed by atoms with E-state index in [0.29, 0.717) is 11.2 Å². The first-order chi connectivity index (χ1) is 13.0. The van der Waals surface area contributed by atoms with Crippen LogP contribution in [0.2, 0.25) is 0 Å². The molecule has 3 aromatic rings. The van der Waals surface area contributed by atoms with Crippen molar-refractivity contribution in [2.45, 2.75) is 19.4 Å². The number of benzene rings is 2. The van der Waals surface area contributed by atoms with Gasteiger partial charge in [0.25, 0.3) is 5.56 Å². The molecule has 6 heteroatoms. The minimum atomic E-state index is -0.0878. The van der Waals surface area contributed by atoms with Crippen molar-refractivity contribution >= 4 is 10.9 Å². The van der Waals surface area contributed by atoms with Gasteiger partial charge in [0.1, 0.15) is 6.04 Å². The molecule has 3 rings (SSSR count). The summed E-state index contributed by atoms with van der Waals surface area (Å²) in [5.41, 5.74) is 1.82. The van der Waals surface area contributed by atoms with Crippen molar-refractivity contribution in [3.63, 3.8) is 0 Å². The molecule has 0 saturated heterocycles. The quantitative estimate of drug-likeness (QED) is 0.667. The molecule has 2 N–H and O–H groups in total. The molecule has 2 atom stereocenters. The Kier molecular flexibility index (Phi) is 5.76. The van der Waals surface area contributed by atoms with E-state index in [9.17, 15) is 4.79 Å². The number of quaternary nitrogens is 1. The maximum Gasteiger partial charge on any atom is 0.258 e. The maximum absolute atomic E-state index is 12.3. The van der Waals surface area contributed by atoms with Crippen LogP contribution in [0.1, 0.15) is 24.4 Å². The van der Waals surface area contributed by atoms with Crippen LogP contribution < -0.4 is 19.9 Å². The van der Waals surface area contributed by atoms with Gasteiger partial charge in [-0.15, -0.1) is 0 Å². The molecule has 1 aromatic heterocycles. The molecule has 6 nitrogen and oxygen atoms in total. The average molecular weight is 368 g/mol. The smallest absolute Gasteiger partial charge is 0.258 e. The second kappa shape index (κ2) is 8.22. The average Bonchev–Trinajstić information content (AvgIpc) is 2.71. The van der Waals surface area contributed by atoms with Gasteiger partial charge in [-0.3, -0.25) is 4.79 Å². The molecule has 0 aliphatic carbocycles. The van der Waals surface area contributed by atoms with Crippen molar-refractivity contribution in [3.05, 3.63) is 64.2 Å². The van der Waals surface area contributed by atoms with Gasteiger partial charge in [-0.05, 0) is 36.8 Å². The summed E-state index contributed by atoms with van der Waals surface area (Å²) in [4.78, 5) is 21.2. The largest absolute Gasteiger partial charge is 0.493 e. The summed E-state index contributed by atoms with van der Waals surface area (Å²) in [6.45, 7) is 2.98. The van der Waals surface area contributed by atoms with E-state index in [1.165, 1.54) is 10.5 Å². The molecule has 0 saturated carbocycles. The predicted molar refractivity (Wildman–Crippen MR) is 106 cm³/mol. The Morgan fingerprint density at radius 3 is 2.59 bits per heavy atom. The van der Waals surface area contributed by atoms with Gasteiger partial charge in [-0.25, -0.2) is 4.98 Å². The Balaban J connectivity index is 1.73. The summed E-state index contributed by atoms with van der Waals surface area (Å²) in [6.07, 6.45) is 0.883. The van der Waals surface area contributed by atoms with E-state index in [1.54, 1.807) is 20.3 Å². The van der Waals surface area contributed by atoms with Crippen LogP contribution in [0.15, 0.2) is 47.3 Å². The van der Waals surface area contributed by atoms with Gasteiger partial charge in [0.2, 0.25) is 0 Å². The van der Waals surface area contributed by atoms with Crippen LogP contribution in [0.25, 0.3) is 10.9 Å². The topological polar surface area (TPSA) is 68.7 Å². The molecule has 0 bridgehead atoms. The minimum Gasteiger partial charge on any atom is -0.493 e. The van der Waals surface area contributed by atoms with E-state index in [-0.39, 0.29) is 11.6 Å². The first-order valence-corrected chi connectivity index (χ1v) is 9.05. The van der Waals surface area contributed by atoms with Crippen LogP contribution in [0.4, 0.5) is 0 Å². The minimum absolute atomic E-state index is 0.0717. The van der Waals surface area contributed by atoms with E-state index >= 15 is 0 Å². The third kappa shape index (κ3) is 4.11. The fourth-order valence-corrected chi connectivity index (χ4v) is 3.14. The normalized spacial score (nSPS) is 13.3. The zero-order chi connectivity index (χ0) is 19.4. The lowest BCUT2D eigenvalue weighted by Crippen LogP contribution is -3.09. The standard InChI is InChI=1S/C21H25N3O3/c1-14(20-22-17-8-6-5-7-16(17)21(25)23-20)24(2)12-11-15-9-10-18(26-3)19(13-15)27-4/h5-10,13-14H,11-12H2,1-4H3,(H,22,23,25)/p+1/t14-/m1/s1. The van der Waals surface area contributed by atoms with Gasteiger partial charge in [-0.1, -0.05) is 18.2 Å². The van der Waals surface area contributed by atoms with Crippen LogP contribution in [-0.4, -0.2) is 37.8 Å². The Morgan fingerprint density at radius 2 is 1.85 bits per heavy atom. The fourth-order valence-electron chi connectivity index (χ4n) is 3.14. The molecule has 0 amide bonds. The molecule has 1 unspecified atom stereocenters. The number of para-hydroxylation sites is 1. The van der Waals surface area contributed by atoms with Crippen molar-refractivity contribution in [3.8, 4) is 11.5 Å². The monoisotopic (exact) mass is 368 g/mol. The number of rotatable bonds is 7. The first kappa shape index (κ1) is 18.9. The lowest BCUT2D eigenvalue weighted by Gasteiger charge is -2.21. The summed E-state index contributed by atoms with van der Waals surface area (Å²) in [6, 6.07) is 13.5. The number of ether oxygens (including phenoxy) is 2. The van der Waals surface area contributed by atoms with E-state index in [4.69, 9.17) is 9.47 Å². The highest BCUT2D eigenvalue weighted by molar-refractivity contribution is 5.77. The van der Waals surface area contributed by atoms with Gasteiger partial charge < -0.3 is 19.4 Å². The number of fused-ring (bicyclic) bond motifs is 1. The van der Waals surface area contributed by atoms with E-state index in [1.807, 2.05) is 30.3 Å². The number of H-pyrrole nitrogens is 1. The summed E-state index contributed by atoms with van der Waals surface area (Å²) < 4.78 is 10.7. The second-order valence-corrected chi connectivity index (χ2v) is 6.73. The molecule has 0 spiro atoms. The highest BCUT2D eigenvalue weighted by atomic mass is 16.5. The summed E-state index contributed by atoms with van der Waals surface area (Å²) in [5.74, 6) is 2.18. The van der Waals surface area contributed by atoms with E-state index in [0.717, 1.165) is 30.0 Å². The van der Waals surface area contributed by atoms with Crippen molar-refractivity contribution in [2.24, 2.45) is 0 Å². The lowest BCUT2D eigenvalue weighted by atomic mass is 10.1. The van der Waals surface area contributed by atoms with Gasteiger partial charge in [-0.2, -0.15) is 0 Å². The molecule has 1 heterocycles. The SMILES string of the molecule is COc1ccc(CC[NH+](C)[C@H](C)c2nc3ccccc3c(=O)[nH]2)cc1OC. The third-order valence-electron chi connectivity index (χ3n) is 5.04. The Hall–Kier alpha value is -2.86. The van der Waals surface area contributed by atoms with E-state index < -0.39 is 0 Å². The first-order valence-electron chi connectivity index (χ1n) is 9.05. The maximum atomic E-state index is 12.3. The number of likely N-dealkylation sites (N-methyl/N-ethyl adjacent to an activating group) is 1. The number of aromatic nitrogens is 2. The van der Waals surface area contributed by atoms with Gasteiger partial charge in [0.05, 0.1) is 38.7 Å². The Labute approximate surface area is 158 Å². The lowest BCUT2D eigenvalue weighted by molar-refractivity contribution is -0.910. The Morgan fingerprint density at radius 1 is 1.11 bits per heavy atom. The molecule has 0 fully saturated rings. The molecular formula is C21H26N3O3+. The molecule has 27 heavy (non-hydrogen) atoms. The third-order valence-corrected chi connectivity index (χ3v) is 5.04. The van der Waals surface area contributed by atoms with Crippen molar-refractivity contribution < 1.29 is 14.4 Å². The highest BCUT2D eigenvalue weighted by Gasteiger charge is 2.19. The zero-order valence-corrected chi connectivity index (χ0v) is 16.2. The number of hydrogen-bond donors (Lipinski definition) is 2. The number of methoxy groups -OCH3 is 2. The van der Waals surface area contributed by atoms with Gasteiger partial charge in [0, 0.05) is 6.42 Å². The van der Waals surface area contributed by atoms with Crippen molar-refractivity contribution in [2.75, 3.05) is 27.8 Å². The van der Waals surface area contributed by atoms with Crippen molar-refractivity contribution in [1.82, 2.24) is 9.97 Å². The van der Waals surface area contributed by atoms with Gasteiger partial charge >= 0.3 is 0 Å². The number of hydrogen-bond acceptors (Lipinski definition) is 4. The van der Waals surface area contributed by atoms with Crippen LogP contribution in [-0.2, 0) is 6.42 Å². The molecule has 2 aromatic carbocycles. The molecule has 142 valence electrons. The van der Waals surface area contributed by atoms with Crippen molar-refractivity contribution in [1.29, 1.82) is 0 Å². The zero-order valence-electron chi connectivity index (χ0n) is 16.2. The highest BCUT2D eigenvalue weighted by Crippen LogP contribution is 2.27. The molecule has 0 radical (unpaired) electrons. The summed E-state index contributed by atoms with van der Waals surface area (Å²) in [7, 11) is 5.39. The molecule has 0 aliphatic heterocycles. The fraction of sp³-hybridized carbons (Fsp3) is 0.333. The van der Waals surface area contributed by atoms with Crippen LogP contribution in [0.5, 0.6) is 11.5 Å². The number of nitrogens with one attached hydrogen (secondary N) is 2. The summed E-state index contributed by atoms with van der Waals surface area (Å²) >= 11 is 0. The molecular weight excluding hydrogens is 342 g/mol. The van der Waals surface area contributed by atoms with Crippen LogP contribution >= 0.6 is 0 Å². The van der Waals surface area contributed by atoms with Crippen LogP contribution in [0, 0.1) is 0 Å². The summed E-state index contributed by atoms with van der Waals surface area (Å²) in [5, 5.41) is 0.622. The van der Waals surface area contributed by atoms with Gasteiger partial charge in [0.15, 0.2) is 17.3 Å². The molecule has 0 aliphatic rings. The number of nitrogens with zero attached hydrogens (tertiary/aromatic N) is 1.